The Morgan fingerprint density at radius 2 is 1.95 bits per heavy atom. The predicted molar refractivity (Wildman–Crippen MR) is 150 cm³/mol. The Kier molecular flexibility index (Phi) is 7.80. The third-order valence-corrected chi connectivity index (χ3v) is 5.54. The SMILES string of the molecule is C/C=C\C(C#Cc1nc(/N=C/N(C)C)ccc1-c1c(-c2cccnc2OC)nc2cc(C)ccn12)=C/C. The van der Waals surface area contributed by atoms with Gasteiger partial charge in [0.25, 0.3) is 0 Å². The van der Waals surface area contributed by atoms with Crippen molar-refractivity contribution in [3.63, 3.8) is 0 Å². The number of aliphatic imine (C=N–C) groups is 1. The number of ether oxygens (including phenoxy) is 1. The van der Waals surface area contributed by atoms with Crippen LogP contribution in [-0.2, 0) is 0 Å². The second-order valence-corrected chi connectivity index (χ2v) is 8.57. The lowest BCUT2D eigenvalue weighted by molar-refractivity contribution is 0.399. The number of aromatic nitrogens is 4. The third kappa shape index (κ3) is 5.60. The molecule has 4 aromatic heterocycles. The molecule has 4 heterocycles. The van der Waals surface area contributed by atoms with Crippen LogP contribution in [-0.4, -0.2) is 51.8 Å². The molecular weight excluding hydrogens is 460 g/mol. The van der Waals surface area contributed by atoms with E-state index in [0.717, 1.165) is 39.3 Å². The van der Waals surface area contributed by atoms with E-state index in [9.17, 15) is 0 Å². The third-order valence-electron chi connectivity index (χ3n) is 5.54. The molecule has 4 aromatic rings. The molecule has 0 radical (unpaired) electrons. The highest BCUT2D eigenvalue weighted by Crippen LogP contribution is 2.38. The first-order chi connectivity index (χ1) is 17.9. The van der Waals surface area contributed by atoms with Gasteiger partial charge in [0.05, 0.1) is 24.7 Å². The number of imidazole rings is 1. The van der Waals surface area contributed by atoms with Crippen LogP contribution < -0.4 is 4.74 Å². The fourth-order valence-corrected chi connectivity index (χ4v) is 3.83. The summed E-state index contributed by atoms with van der Waals surface area (Å²) in [5, 5.41) is 0. The van der Waals surface area contributed by atoms with Gasteiger partial charge in [-0.2, -0.15) is 0 Å². The van der Waals surface area contributed by atoms with Gasteiger partial charge in [-0.15, -0.1) is 0 Å². The summed E-state index contributed by atoms with van der Waals surface area (Å²) in [5.41, 5.74) is 6.66. The molecule has 186 valence electrons. The fourth-order valence-electron chi connectivity index (χ4n) is 3.83. The summed E-state index contributed by atoms with van der Waals surface area (Å²) in [4.78, 5) is 20.6. The Morgan fingerprint density at radius 3 is 2.68 bits per heavy atom. The number of methoxy groups -OCH3 is 1. The van der Waals surface area contributed by atoms with E-state index in [1.54, 1.807) is 19.6 Å². The van der Waals surface area contributed by atoms with E-state index >= 15 is 0 Å². The van der Waals surface area contributed by atoms with Crippen LogP contribution >= 0.6 is 0 Å². The first kappa shape index (κ1) is 25.4. The maximum Gasteiger partial charge on any atom is 0.222 e. The summed E-state index contributed by atoms with van der Waals surface area (Å²) in [6.45, 7) is 5.99. The molecule has 0 saturated heterocycles. The van der Waals surface area contributed by atoms with Gasteiger partial charge in [-0.1, -0.05) is 24.1 Å². The summed E-state index contributed by atoms with van der Waals surface area (Å²) in [6, 6.07) is 11.8. The van der Waals surface area contributed by atoms with Crippen LogP contribution in [0, 0.1) is 18.8 Å². The maximum absolute atomic E-state index is 5.59. The average Bonchev–Trinajstić information content (AvgIpc) is 3.27. The van der Waals surface area contributed by atoms with E-state index in [2.05, 4.69) is 39.2 Å². The van der Waals surface area contributed by atoms with Crippen LogP contribution in [0.2, 0.25) is 0 Å². The Labute approximate surface area is 217 Å². The molecule has 0 aliphatic carbocycles. The van der Waals surface area contributed by atoms with Gasteiger partial charge in [-0.3, -0.25) is 4.40 Å². The molecule has 0 aromatic carbocycles. The van der Waals surface area contributed by atoms with Gasteiger partial charge in [-0.05, 0) is 68.7 Å². The van der Waals surface area contributed by atoms with Crippen molar-refractivity contribution in [2.75, 3.05) is 21.2 Å². The molecule has 7 nitrogen and oxygen atoms in total. The van der Waals surface area contributed by atoms with Crippen molar-refractivity contribution in [2.24, 2.45) is 4.99 Å². The van der Waals surface area contributed by atoms with E-state index < -0.39 is 0 Å². The summed E-state index contributed by atoms with van der Waals surface area (Å²) in [7, 11) is 5.45. The van der Waals surface area contributed by atoms with Crippen molar-refractivity contribution in [3.05, 3.63) is 83.9 Å². The van der Waals surface area contributed by atoms with Crippen molar-refractivity contribution >= 4 is 17.8 Å². The molecule has 0 aliphatic rings. The van der Waals surface area contributed by atoms with Crippen LogP contribution in [0.1, 0.15) is 25.1 Å². The van der Waals surface area contributed by atoms with E-state index in [-0.39, 0.29) is 0 Å². The zero-order chi connectivity index (χ0) is 26.4. The minimum atomic E-state index is 0.501. The van der Waals surface area contributed by atoms with E-state index in [0.29, 0.717) is 17.4 Å². The Bertz CT molecular complexity index is 1580. The molecule has 0 N–H and O–H groups in total. The van der Waals surface area contributed by atoms with Gasteiger partial charge >= 0.3 is 0 Å². The number of fused-ring (bicyclic) bond motifs is 1. The Balaban J connectivity index is 2.04. The largest absolute Gasteiger partial charge is 0.481 e. The van der Waals surface area contributed by atoms with E-state index in [1.807, 2.05) is 87.6 Å². The summed E-state index contributed by atoms with van der Waals surface area (Å²) >= 11 is 0. The lowest BCUT2D eigenvalue weighted by atomic mass is 10.0. The lowest BCUT2D eigenvalue weighted by Gasteiger charge is -2.11. The Hall–Kier alpha value is -4.70. The highest BCUT2D eigenvalue weighted by Gasteiger charge is 2.22. The molecule has 0 bridgehead atoms. The topological polar surface area (TPSA) is 67.9 Å². The quantitative estimate of drug-likeness (QED) is 0.146. The van der Waals surface area contributed by atoms with Crippen molar-refractivity contribution < 1.29 is 4.74 Å². The van der Waals surface area contributed by atoms with Crippen molar-refractivity contribution in [1.82, 2.24) is 24.3 Å². The smallest absolute Gasteiger partial charge is 0.222 e. The van der Waals surface area contributed by atoms with Gasteiger partial charge in [0.15, 0.2) is 5.82 Å². The molecule has 7 heteroatoms. The van der Waals surface area contributed by atoms with Gasteiger partial charge in [-0.25, -0.2) is 19.9 Å². The number of hydrogen-bond acceptors (Lipinski definition) is 5. The molecule has 0 amide bonds. The monoisotopic (exact) mass is 490 g/mol. The second-order valence-electron chi connectivity index (χ2n) is 8.57. The highest BCUT2D eigenvalue weighted by atomic mass is 16.5. The minimum absolute atomic E-state index is 0.501. The molecular formula is C30H30N6O. The van der Waals surface area contributed by atoms with E-state index in [4.69, 9.17) is 14.7 Å². The molecule has 0 fully saturated rings. The predicted octanol–water partition coefficient (Wildman–Crippen LogP) is 5.87. The average molecular weight is 491 g/mol. The fraction of sp³-hybridized carbons (Fsp3) is 0.200. The Morgan fingerprint density at radius 1 is 1.11 bits per heavy atom. The van der Waals surface area contributed by atoms with Crippen LogP contribution in [0.5, 0.6) is 5.88 Å². The number of nitrogens with zero attached hydrogens (tertiary/aromatic N) is 6. The van der Waals surface area contributed by atoms with Gasteiger partial charge in [0.1, 0.15) is 17.0 Å². The van der Waals surface area contributed by atoms with Crippen molar-refractivity contribution in [2.45, 2.75) is 20.8 Å². The summed E-state index contributed by atoms with van der Waals surface area (Å²) < 4.78 is 7.65. The maximum atomic E-state index is 5.59. The second kappa shape index (κ2) is 11.4. The van der Waals surface area contributed by atoms with Gasteiger partial charge < -0.3 is 9.64 Å². The van der Waals surface area contributed by atoms with Gasteiger partial charge in [0, 0.05) is 37.6 Å². The first-order valence-corrected chi connectivity index (χ1v) is 12.0. The number of allylic oxidation sites excluding steroid dienone is 4. The normalized spacial score (nSPS) is 11.8. The number of pyridine rings is 3. The standard InChI is InChI=1S/C30H30N6O/c1-7-10-22(8-2)12-14-25-23(13-15-26(33-25)32-20-35(4)5)29-28(24-11-9-17-31-30(24)37-6)34-27-19-21(3)16-18-36(27)29/h7-11,13,15-20H,1-6H3/b10-7-,22-8+,32-20+. The summed E-state index contributed by atoms with van der Waals surface area (Å²) in [5.74, 6) is 7.62. The van der Waals surface area contributed by atoms with Crippen LogP contribution in [0.3, 0.4) is 0 Å². The molecule has 0 unspecified atom stereocenters. The van der Waals surface area contributed by atoms with Crippen LogP contribution in [0.15, 0.2) is 77.6 Å². The molecule has 37 heavy (non-hydrogen) atoms. The number of hydrogen-bond donors (Lipinski definition) is 0. The lowest BCUT2D eigenvalue weighted by Crippen LogP contribution is -2.07. The molecule has 0 spiro atoms. The zero-order valence-electron chi connectivity index (χ0n) is 22.0. The van der Waals surface area contributed by atoms with Crippen LogP contribution in [0.4, 0.5) is 5.82 Å². The van der Waals surface area contributed by atoms with Crippen molar-refractivity contribution in [3.8, 4) is 40.2 Å². The summed E-state index contributed by atoms with van der Waals surface area (Å²) in [6.07, 6.45) is 11.4. The van der Waals surface area contributed by atoms with Gasteiger partial charge in [0.2, 0.25) is 5.88 Å². The van der Waals surface area contributed by atoms with Crippen molar-refractivity contribution in [1.29, 1.82) is 0 Å². The molecule has 4 rings (SSSR count). The first-order valence-electron chi connectivity index (χ1n) is 12.0. The van der Waals surface area contributed by atoms with E-state index in [1.165, 1.54) is 0 Å². The molecule has 0 aliphatic heterocycles. The number of rotatable bonds is 6. The minimum Gasteiger partial charge on any atom is -0.481 e. The number of aryl methyl sites for hydroxylation is 1. The van der Waals surface area contributed by atoms with Crippen LogP contribution in [0.25, 0.3) is 28.2 Å². The highest BCUT2D eigenvalue weighted by molar-refractivity contribution is 5.86. The zero-order valence-corrected chi connectivity index (χ0v) is 22.0. The molecule has 0 atom stereocenters. The molecule has 0 saturated carbocycles.